The van der Waals surface area contributed by atoms with Gasteiger partial charge in [-0.2, -0.15) is 0 Å². The van der Waals surface area contributed by atoms with Gasteiger partial charge < -0.3 is 14.8 Å². The number of aromatic nitrogens is 3. The lowest BCUT2D eigenvalue weighted by atomic mass is 10.0. The van der Waals surface area contributed by atoms with E-state index in [1.165, 1.54) is 5.69 Å². The van der Waals surface area contributed by atoms with Gasteiger partial charge in [0.15, 0.2) is 0 Å². The summed E-state index contributed by atoms with van der Waals surface area (Å²) in [6.45, 7) is 4.34. The maximum atomic E-state index is 4.43. The van der Waals surface area contributed by atoms with Gasteiger partial charge in [-0.3, -0.25) is 0 Å². The molecule has 0 saturated carbocycles. The van der Waals surface area contributed by atoms with E-state index in [0.29, 0.717) is 12.1 Å². The summed E-state index contributed by atoms with van der Waals surface area (Å²) in [4.78, 5) is 11.0. The van der Waals surface area contributed by atoms with Crippen molar-refractivity contribution in [2.75, 3.05) is 18.0 Å². The smallest absolute Gasteiger partial charge is 0.128 e. The highest BCUT2D eigenvalue weighted by Crippen LogP contribution is 2.20. The van der Waals surface area contributed by atoms with Crippen LogP contribution < -0.4 is 10.2 Å². The fourth-order valence-electron chi connectivity index (χ4n) is 3.04. The number of hydrogen-bond acceptors (Lipinski definition) is 4. The molecule has 3 rings (SSSR count). The summed E-state index contributed by atoms with van der Waals surface area (Å²) in [5.74, 6) is 1.09. The van der Waals surface area contributed by atoms with E-state index in [1.54, 1.807) is 0 Å². The molecule has 2 aromatic heterocycles. The molecule has 1 N–H and O–H groups in total. The van der Waals surface area contributed by atoms with Crippen LogP contribution in [0.25, 0.3) is 0 Å². The van der Waals surface area contributed by atoms with Gasteiger partial charge in [0.25, 0.3) is 0 Å². The van der Waals surface area contributed by atoms with Crippen molar-refractivity contribution >= 4 is 5.82 Å². The van der Waals surface area contributed by atoms with Crippen molar-refractivity contribution in [3.8, 4) is 0 Å². The number of nitrogens with one attached hydrogen (secondary N) is 1. The highest BCUT2D eigenvalue weighted by molar-refractivity contribution is 5.38. The molecule has 21 heavy (non-hydrogen) atoms. The third-order valence-corrected chi connectivity index (χ3v) is 4.25. The molecule has 0 spiro atoms. The van der Waals surface area contributed by atoms with Crippen molar-refractivity contribution in [3.63, 3.8) is 0 Å². The topological polar surface area (TPSA) is 46.0 Å². The van der Waals surface area contributed by atoms with Crippen LogP contribution in [0.15, 0.2) is 36.9 Å². The van der Waals surface area contributed by atoms with Gasteiger partial charge in [-0.15, -0.1) is 0 Å². The Morgan fingerprint density at radius 1 is 1.29 bits per heavy atom. The minimum atomic E-state index is 0.337. The third kappa shape index (κ3) is 3.24. The Kier molecular flexibility index (Phi) is 4.20. The van der Waals surface area contributed by atoms with Crippen LogP contribution in [0.2, 0.25) is 0 Å². The fraction of sp³-hybridized carbons (Fsp3) is 0.500. The lowest BCUT2D eigenvalue weighted by Crippen LogP contribution is -2.43. The van der Waals surface area contributed by atoms with Crippen molar-refractivity contribution in [1.82, 2.24) is 19.9 Å². The highest BCUT2D eigenvalue weighted by Gasteiger charge is 2.22. The number of imidazole rings is 1. The summed E-state index contributed by atoms with van der Waals surface area (Å²) in [5.41, 5.74) is 1.24. The molecule has 0 radical (unpaired) electrons. The zero-order chi connectivity index (χ0) is 14.7. The zero-order valence-electron chi connectivity index (χ0n) is 12.7. The molecule has 5 nitrogen and oxygen atoms in total. The molecular weight excluding hydrogens is 262 g/mol. The molecule has 3 heterocycles. The van der Waals surface area contributed by atoms with Gasteiger partial charge in [-0.05, 0) is 31.9 Å². The van der Waals surface area contributed by atoms with Crippen LogP contribution in [0.4, 0.5) is 5.82 Å². The first-order chi connectivity index (χ1) is 10.2. The SMILES string of the molecule is C[C@H](NC1CCN(c2ccccn2)CC1)c1cncn1C. The van der Waals surface area contributed by atoms with E-state index in [4.69, 9.17) is 0 Å². The first-order valence-electron chi connectivity index (χ1n) is 7.62. The van der Waals surface area contributed by atoms with E-state index in [1.807, 2.05) is 31.8 Å². The Hall–Kier alpha value is -1.88. The Morgan fingerprint density at radius 2 is 2.10 bits per heavy atom. The summed E-state index contributed by atoms with van der Waals surface area (Å²) in [7, 11) is 2.05. The maximum Gasteiger partial charge on any atom is 0.128 e. The Labute approximate surface area is 126 Å². The van der Waals surface area contributed by atoms with Crippen molar-refractivity contribution in [3.05, 3.63) is 42.6 Å². The fourth-order valence-corrected chi connectivity index (χ4v) is 3.04. The normalized spacial score (nSPS) is 17.9. The average Bonchev–Trinajstić information content (AvgIpc) is 2.95. The average molecular weight is 285 g/mol. The second kappa shape index (κ2) is 6.26. The van der Waals surface area contributed by atoms with Gasteiger partial charge in [0.1, 0.15) is 5.82 Å². The molecule has 0 aromatic carbocycles. The minimum Gasteiger partial charge on any atom is -0.357 e. The van der Waals surface area contributed by atoms with Crippen LogP contribution in [0.3, 0.4) is 0 Å². The summed E-state index contributed by atoms with van der Waals surface area (Å²) in [5, 5.41) is 3.73. The second-order valence-electron chi connectivity index (χ2n) is 5.77. The van der Waals surface area contributed by atoms with Gasteiger partial charge in [0, 0.05) is 44.6 Å². The number of hydrogen-bond donors (Lipinski definition) is 1. The molecule has 2 aromatic rings. The zero-order valence-corrected chi connectivity index (χ0v) is 12.7. The molecule has 0 bridgehead atoms. The molecular formula is C16H23N5. The number of pyridine rings is 1. The Balaban J connectivity index is 1.53. The predicted molar refractivity (Wildman–Crippen MR) is 84.2 cm³/mol. The number of aryl methyl sites for hydroxylation is 1. The summed E-state index contributed by atoms with van der Waals surface area (Å²) in [6, 6.07) is 7.01. The molecule has 0 amide bonds. The van der Waals surface area contributed by atoms with Crippen molar-refractivity contribution in [2.24, 2.45) is 7.05 Å². The molecule has 1 aliphatic heterocycles. The summed E-state index contributed by atoms with van der Waals surface area (Å²) in [6.07, 6.45) is 7.97. The standard InChI is InChI=1S/C16H23N5/c1-13(15-11-17-12-20(15)2)19-14-6-9-21(10-7-14)16-5-3-4-8-18-16/h3-5,8,11-14,19H,6-7,9-10H2,1-2H3/t13-/m0/s1. The molecule has 1 saturated heterocycles. The molecule has 112 valence electrons. The van der Waals surface area contributed by atoms with Crippen LogP contribution in [0.1, 0.15) is 31.5 Å². The molecule has 5 heteroatoms. The lowest BCUT2D eigenvalue weighted by molar-refractivity contribution is 0.373. The van der Waals surface area contributed by atoms with E-state index < -0.39 is 0 Å². The Bertz CT molecular complexity index is 557. The quantitative estimate of drug-likeness (QED) is 0.935. The number of piperidine rings is 1. The maximum absolute atomic E-state index is 4.43. The van der Waals surface area contributed by atoms with E-state index in [-0.39, 0.29) is 0 Å². The van der Waals surface area contributed by atoms with Crippen LogP contribution in [0.5, 0.6) is 0 Å². The van der Waals surface area contributed by atoms with E-state index in [0.717, 1.165) is 31.7 Å². The van der Waals surface area contributed by atoms with E-state index in [9.17, 15) is 0 Å². The molecule has 0 aliphatic carbocycles. The van der Waals surface area contributed by atoms with Gasteiger partial charge in [-0.25, -0.2) is 9.97 Å². The van der Waals surface area contributed by atoms with Gasteiger partial charge in [0.05, 0.1) is 12.0 Å². The highest BCUT2D eigenvalue weighted by atomic mass is 15.2. The summed E-state index contributed by atoms with van der Waals surface area (Å²) >= 11 is 0. The summed E-state index contributed by atoms with van der Waals surface area (Å²) < 4.78 is 2.08. The first-order valence-corrected chi connectivity index (χ1v) is 7.62. The predicted octanol–water partition coefficient (Wildman–Crippen LogP) is 2.13. The number of nitrogens with zero attached hydrogens (tertiary/aromatic N) is 4. The van der Waals surface area contributed by atoms with Crippen molar-refractivity contribution in [1.29, 1.82) is 0 Å². The molecule has 0 unspecified atom stereocenters. The third-order valence-electron chi connectivity index (χ3n) is 4.25. The van der Waals surface area contributed by atoms with Gasteiger partial charge in [-0.1, -0.05) is 6.07 Å². The first kappa shape index (κ1) is 14.1. The molecule has 1 fully saturated rings. The van der Waals surface area contributed by atoms with Crippen LogP contribution in [-0.2, 0) is 7.05 Å². The molecule has 1 atom stereocenters. The number of rotatable bonds is 4. The van der Waals surface area contributed by atoms with Gasteiger partial charge >= 0.3 is 0 Å². The lowest BCUT2D eigenvalue weighted by Gasteiger charge is -2.34. The Morgan fingerprint density at radius 3 is 2.71 bits per heavy atom. The second-order valence-corrected chi connectivity index (χ2v) is 5.77. The van der Waals surface area contributed by atoms with Crippen LogP contribution in [-0.4, -0.2) is 33.7 Å². The van der Waals surface area contributed by atoms with Crippen LogP contribution in [0, 0.1) is 0 Å². The monoisotopic (exact) mass is 285 g/mol. The molecule has 1 aliphatic rings. The van der Waals surface area contributed by atoms with Crippen molar-refractivity contribution < 1.29 is 0 Å². The largest absolute Gasteiger partial charge is 0.357 e. The van der Waals surface area contributed by atoms with E-state index in [2.05, 4.69) is 43.8 Å². The number of anilines is 1. The van der Waals surface area contributed by atoms with Crippen molar-refractivity contribution in [2.45, 2.75) is 31.8 Å². The van der Waals surface area contributed by atoms with Gasteiger partial charge in [0.2, 0.25) is 0 Å². The van der Waals surface area contributed by atoms with Crippen LogP contribution >= 0.6 is 0 Å². The minimum absolute atomic E-state index is 0.337. The van der Waals surface area contributed by atoms with E-state index >= 15 is 0 Å².